The van der Waals surface area contributed by atoms with Gasteiger partial charge in [0.1, 0.15) is 5.75 Å². The van der Waals surface area contributed by atoms with Crippen LogP contribution in [0.15, 0.2) is 11.6 Å². The lowest BCUT2D eigenvalue weighted by Gasteiger charge is -2.05. The van der Waals surface area contributed by atoms with E-state index in [0.29, 0.717) is 0 Å². The van der Waals surface area contributed by atoms with Crippen molar-refractivity contribution >= 4 is 33.2 Å². The molecule has 15 heavy (non-hydrogen) atoms. The van der Waals surface area contributed by atoms with Crippen molar-refractivity contribution in [1.29, 1.82) is 0 Å². The molecular weight excluding hydrogens is 230 g/mol. The lowest BCUT2D eigenvalue weighted by Crippen LogP contribution is -1.87. The molecule has 4 heteroatoms. The van der Waals surface area contributed by atoms with E-state index in [1.165, 1.54) is 0 Å². The van der Waals surface area contributed by atoms with Crippen LogP contribution in [-0.4, -0.2) is 12.1 Å². The van der Waals surface area contributed by atoms with Gasteiger partial charge in [-0.1, -0.05) is 25.4 Å². The fraction of sp³-hybridized carbons (Fsp3) is 0.364. The molecule has 0 saturated carbocycles. The van der Waals surface area contributed by atoms with Crippen LogP contribution in [0.3, 0.4) is 0 Å². The van der Waals surface area contributed by atoms with E-state index >= 15 is 0 Å². The van der Waals surface area contributed by atoms with Gasteiger partial charge in [0.05, 0.1) is 27.9 Å². The van der Waals surface area contributed by atoms with E-state index in [-0.39, 0.29) is 0 Å². The molecule has 0 spiro atoms. The summed E-state index contributed by atoms with van der Waals surface area (Å²) in [5.41, 5.74) is 3.66. The Morgan fingerprint density at radius 2 is 2.07 bits per heavy atom. The number of benzene rings is 1. The number of hydrogen-bond acceptors (Lipinski definition) is 3. The summed E-state index contributed by atoms with van der Waals surface area (Å²) in [6.45, 7) is 5.94. The first-order valence-electron chi connectivity index (χ1n) is 4.80. The largest absolute Gasteiger partial charge is 0.496 e. The molecule has 0 aliphatic rings. The fourth-order valence-corrected chi connectivity index (χ4v) is 2.33. The minimum atomic E-state index is 0.747. The topological polar surface area (TPSA) is 22.1 Å². The summed E-state index contributed by atoms with van der Waals surface area (Å²) in [4.78, 5) is 4.18. The molecule has 1 heterocycles. The Labute approximate surface area is 98.9 Å². The van der Waals surface area contributed by atoms with Gasteiger partial charge in [-0.05, 0) is 6.92 Å². The van der Waals surface area contributed by atoms with Gasteiger partial charge in [0, 0.05) is 11.6 Å². The van der Waals surface area contributed by atoms with E-state index in [2.05, 4.69) is 4.98 Å². The lowest BCUT2D eigenvalue weighted by atomic mass is 10.2. The van der Waals surface area contributed by atoms with Gasteiger partial charge < -0.3 is 4.74 Å². The van der Waals surface area contributed by atoms with Gasteiger partial charge in [-0.15, -0.1) is 11.3 Å². The predicted molar refractivity (Wildman–Crippen MR) is 67.3 cm³/mol. The molecule has 0 bridgehead atoms. The number of hydrogen-bond donors (Lipinski definition) is 0. The van der Waals surface area contributed by atoms with E-state index < -0.39 is 0 Å². The van der Waals surface area contributed by atoms with Crippen LogP contribution in [0.5, 0.6) is 5.75 Å². The summed E-state index contributed by atoms with van der Waals surface area (Å²) < 4.78 is 6.21. The number of ether oxygens (including phenoxy) is 1. The van der Waals surface area contributed by atoms with Crippen molar-refractivity contribution in [3.63, 3.8) is 0 Å². The van der Waals surface area contributed by atoms with Gasteiger partial charge in [-0.2, -0.15) is 0 Å². The van der Waals surface area contributed by atoms with E-state index in [4.69, 9.17) is 16.3 Å². The number of fused-ring (bicyclic) bond motifs is 1. The van der Waals surface area contributed by atoms with Gasteiger partial charge in [-0.25, -0.2) is 4.98 Å². The highest BCUT2D eigenvalue weighted by Crippen LogP contribution is 2.35. The summed E-state index contributed by atoms with van der Waals surface area (Å²) in [6, 6.07) is 1.91. The van der Waals surface area contributed by atoms with E-state index in [9.17, 15) is 0 Å². The smallest absolute Gasteiger partial charge is 0.125 e. The van der Waals surface area contributed by atoms with Crippen LogP contribution in [0.1, 0.15) is 19.4 Å². The highest BCUT2D eigenvalue weighted by atomic mass is 35.5. The summed E-state index contributed by atoms with van der Waals surface area (Å²) >= 11 is 7.69. The molecule has 0 atom stereocenters. The third kappa shape index (κ3) is 2.24. The van der Waals surface area contributed by atoms with Gasteiger partial charge in [0.2, 0.25) is 0 Å². The van der Waals surface area contributed by atoms with Crippen molar-refractivity contribution < 1.29 is 4.74 Å². The second kappa shape index (κ2) is 5.33. The Bertz CT molecular complexity index is 453. The van der Waals surface area contributed by atoms with Crippen LogP contribution in [0.4, 0.5) is 0 Å². The van der Waals surface area contributed by atoms with E-state index in [0.717, 1.165) is 26.6 Å². The van der Waals surface area contributed by atoms with Crippen molar-refractivity contribution in [2.24, 2.45) is 0 Å². The molecule has 2 rings (SSSR count). The summed E-state index contributed by atoms with van der Waals surface area (Å²) in [7, 11) is 1.64. The van der Waals surface area contributed by atoms with Crippen LogP contribution in [0.2, 0.25) is 5.02 Å². The van der Waals surface area contributed by atoms with E-state index in [1.54, 1.807) is 24.0 Å². The Kier molecular flexibility index (Phi) is 4.36. The summed E-state index contributed by atoms with van der Waals surface area (Å²) in [6.07, 6.45) is 0. The fourth-order valence-electron chi connectivity index (χ4n) is 1.24. The molecule has 0 saturated heterocycles. The zero-order chi connectivity index (χ0) is 11.4. The Balaban J connectivity index is 0.000000531. The average Bonchev–Trinajstić information content (AvgIpc) is 2.74. The van der Waals surface area contributed by atoms with Crippen LogP contribution in [-0.2, 0) is 0 Å². The van der Waals surface area contributed by atoms with Crippen LogP contribution >= 0.6 is 22.9 Å². The molecule has 2 nitrogen and oxygen atoms in total. The van der Waals surface area contributed by atoms with Gasteiger partial charge in [-0.3, -0.25) is 0 Å². The first kappa shape index (κ1) is 12.3. The molecule has 0 N–H and O–H groups in total. The number of nitrogens with zero attached hydrogens (tertiary/aromatic N) is 1. The van der Waals surface area contributed by atoms with Crippen molar-refractivity contribution in [1.82, 2.24) is 4.98 Å². The molecule has 1 aromatic carbocycles. The van der Waals surface area contributed by atoms with Gasteiger partial charge in [0.25, 0.3) is 0 Å². The molecule has 2 aromatic rings. The first-order valence-corrected chi connectivity index (χ1v) is 6.06. The summed E-state index contributed by atoms with van der Waals surface area (Å²) in [5.74, 6) is 0.795. The molecule has 0 unspecified atom stereocenters. The van der Waals surface area contributed by atoms with Crippen LogP contribution < -0.4 is 4.74 Å². The second-order valence-corrected chi connectivity index (χ2v) is 3.95. The van der Waals surface area contributed by atoms with Crippen LogP contribution in [0.25, 0.3) is 10.2 Å². The molecule has 1 aromatic heterocycles. The highest BCUT2D eigenvalue weighted by Gasteiger charge is 2.10. The maximum atomic E-state index is 6.14. The third-order valence-electron chi connectivity index (χ3n) is 1.98. The average molecular weight is 244 g/mol. The standard InChI is InChI=1S/C9H8ClNOS.C2H6/c1-5-7(12-2)3-6-9(8(5)10)13-4-11-6;1-2/h3-4H,1-2H3;1-2H3. The van der Waals surface area contributed by atoms with Gasteiger partial charge in [0.15, 0.2) is 0 Å². The maximum absolute atomic E-state index is 6.14. The Morgan fingerprint density at radius 3 is 2.67 bits per heavy atom. The Hall–Kier alpha value is -0.800. The SMILES string of the molecule is CC.COc1cc2ncsc2c(Cl)c1C. The number of halogens is 1. The number of rotatable bonds is 1. The second-order valence-electron chi connectivity index (χ2n) is 2.72. The third-order valence-corrected chi connectivity index (χ3v) is 3.43. The van der Waals surface area contributed by atoms with E-state index in [1.807, 2.05) is 26.8 Å². The van der Waals surface area contributed by atoms with Crippen LogP contribution in [0, 0.1) is 6.92 Å². The minimum absolute atomic E-state index is 0.747. The first-order chi connectivity index (χ1) is 7.24. The highest BCUT2D eigenvalue weighted by molar-refractivity contribution is 7.17. The van der Waals surface area contributed by atoms with Gasteiger partial charge >= 0.3 is 0 Å². The molecule has 0 aliphatic heterocycles. The maximum Gasteiger partial charge on any atom is 0.125 e. The van der Waals surface area contributed by atoms with Crippen molar-refractivity contribution in [2.75, 3.05) is 7.11 Å². The lowest BCUT2D eigenvalue weighted by molar-refractivity contribution is 0.412. The Morgan fingerprint density at radius 1 is 1.40 bits per heavy atom. The zero-order valence-corrected chi connectivity index (χ0v) is 10.9. The van der Waals surface area contributed by atoms with Crippen molar-refractivity contribution in [3.05, 3.63) is 22.2 Å². The number of methoxy groups -OCH3 is 1. The molecule has 0 radical (unpaired) electrons. The predicted octanol–water partition coefficient (Wildman–Crippen LogP) is 4.29. The van der Waals surface area contributed by atoms with Crippen molar-refractivity contribution in [3.8, 4) is 5.75 Å². The quantitative estimate of drug-likeness (QED) is 0.745. The molecule has 82 valence electrons. The molecule has 0 fully saturated rings. The minimum Gasteiger partial charge on any atom is -0.496 e. The zero-order valence-electron chi connectivity index (χ0n) is 9.30. The number of aromatic nitrogens is 1. The number of thiazole rings is 1. The molecule has 0 aliphatic carbocycles. The monoisotopic (exact) mass is 243 g/mol. The van der Waals surface area contributed by atoms with Crippen molar-refractivity contribution in [2.45, 2.75) is 20.8 Å². The molecular formula is C11H14ClNOS. The summed E-state index contributed by atoms with van der Waals surface area (Å²) in [5, 5.41) is 0.747. The molecule has 0 amide bonds. The normalized spacial score (nSPS) is 9.67.